The number of H-pyrrole nitrogens is 2. The van der Waals surface area contributed by atoms with Gasteiger partial charge in [0, 0.05) is 6.54 Å². The van der Waals surface area contributed by atoms with Gasteiger partial charge in [-0.2, -0.15) is 0 Å². The maximum Gasteiger partial charge on any atom is 0.323 e. The molecule has 3 aromatic rings. The highest BCUT2D eigenvalue weighted by atomic mass is 32.2. The molecule has 0 amide bonds. The van der Waals surface area contributed by atoms with Gasteiger partial charge in [-0.05, 0) is 55.7 Å². The first-order valence-corrected chi connectivity index (χ1v) is 9.03. The van der Waals surface area contributed by atoms with Crippen molar-refractivity contribution in [1.82, 2.24) is 14.7 Å². The lowest BCUT2D eigenvalue weighted by Crippen LogP contribution is -2.24. The lowest BCUT2D eigenvalue weighted by molar-refractivity contribution is 0.581. The van der Waals surface area contributed by atoms with Gasteiger partial charge in [0.25, 0.3) is 0 Å². The van der Waals surface area contributed by atoms with Crippen LogP contribution in [0.2, 0.25) is 0 Å². The van der Waals surface area contributed by atoms with E-state index in [0.29, 0.717) is 11.0 Å². The largest absolute Gasteiger partial charge is 0.323 e. The number of hydrogen-bond acceptors (Lipinski definition) is 3. The second-order valence-electron chi connectivity index (χ2n) is 5.99. The van der Waals surface area contributed by atoms with Crippen LogP contribution in [0.4, 0.5) is 0 Å². The summed E-state index contributed by atoms with van der Waals surface area (Å²) in [5, 5.41) is 0. The average Bonchev–Trinajstić information content (AvgIpc) is 2.85. The number of aryl methyl sites for hydroxylation is 3. The first kappa shape index (κ1) is 16.5. The predicted octanol–water partition coefficient (Wildman–Crippen LogP) is 2.26. The van der Waals surface area contributed by atoms with Crippen LogP contribution in [0.1, 0.15) is 22.3 Å². The number of aromatic amines is 2. The van der Waals surface area contributed by atoms with Crippen molar-refractivity contribution in [3.63, 3.8) is 0 Å². The number of hydrogen-bond donors (Lipinski definition) is 3. The van der Waals surface area contributed by atoms with Gasteiger partial charge < -0.3 is 9.97 Å². The first-order chi connectivity index (χ1) is 11.3. The van der Waals surface area contributed by atoms with Crippen molar-refractivity contribution in [3.05, 3.63) is 63.1 Å². The van der Waals surface area contributed by atoms with E-state index in [0.717, 1.165) is 22.3 Å². The van der Waals surface area contributed by atoms with Gasteiger partial charge in [0.1, 0.15) is 0 Å². The average molecular weight is 345 g/mol. The first-order valence-electron chi connectivity index (χ1n) is 7.55. The molecule has 0 unspecified atom stereocenters. The smallest absolute Gasteiger partial charge is 0.306 e. The minimum Gasteiger partial charge on any atom is -0.306 e. The number of sulfonamides is 1. The molecule has 1 heterocycles. The Morgan fingerprint density at radius 3 is 2.25 bits per heavy atom. The molecule has 0 aliphatic carbocycles. The van der Waals surface area contributed by atoms with Gasteiger partial charge in [-0.25, -0.2) is 17.9 Å². The summed E-state index contributed by atoms with van der Waals surface area (Å²) in [4.78, 5) is 16.6. The molecule has 0 fully saturated rings. The van der Waals surface area contributed by atoms with Gasteiger partial charge in [0.15, 0.2) is 0 Å². The van der Waals surface area contributed by atoms with Crippen molar-refractivity contribution in [2.45, 2.75) is 32.2 Å². The molecular formula is C17H19N3O3S. The van der Waals surface area contributed by atoms with E-state index < -0.39 is 10.0 Å². The fourth-order valence-corrected chi connectivity index (χ4v) is 3.94. The van der Waals surface area contributed by atoms with Crippen LogP contribution in [-0.4, -0.2) is 18.4 Å². The molecule has 0 saturated carbocycles. The molecule has 0 atom stereocenters. The fraction of sp³-hybridized carbons (Fsp3) is 0.235. The van der Waals surface area contributed by atoms with E-state index in [4.69, 9.17) is 0 Å². The summed E-state index contributed by atoms with van der Waals surface area (Å²) in [6, 6.07) is 8.57. The highest BCUT2D eigenvalue weighted by Gasteiger charge is 2.16. The summed E-state index contributed by atoms with van der Waals surface area (Å²) >= 11 is 0. The van der Waals surface area contributed by atoms with Crippen molar-refractivity contribution < 1.29 is 8.42 Å². The molecule has 24 heavy (non-hydrogen) atoms. The summed E-state index contributed by atoms with van der Waals surface area (Å²) in [5.41, 5.74) is 4.91. The zero-order chi connectivity index (χ0) is 17.5. The third-order valence-electron chi connectivity index (χ3n) is 4.08. The Balaban J connectivity index is 1.89. The second kappa shape index (κ2) is 5.92. The molecule has 3 N–H and O–H groups in total. The Hall–Kier alpha value is -2.38. The van der Waals surface area contributed by atoms with E-state index in [9.17, 15) is 13.2 Å². The fourth-order valence-electron chi connectivity index (χ4n) is 2.92. The van der Waals surface area contributed by atoms with Crippen LogP contribution in [0.3, 0.4) is 0 Å². The minimum absolute atomic E-state index is 0.118. The van der Waals surface area contributed by atoms with E-state index >= 15 is 0 Å². The number of imidazole rings is 1. The van der Waals surface area contributed by atoms with E-state index in [-0.39, 0.29) is 17.1 Å². The number of aromatic nitrogens is 2. The van der Waals surface area contributed by atoms with Crippen molar-refractivity contribution in [2.24, 2.45) is 0 Å². The van der Waals surface area contributed by atoms with Crippen molar-refractivity contribution >= 4 is 21.1 Å². The monoisotopic (exact) mass is 345 g/mol. The number of fused-ring (bicyclic) bond motifs is 1. The summed E-state index contributed by atoms with van der Waals surface area (Å²) in [5.74, 6) is 0. The van der Waals surface area contributed by atoms with E-state index in [1.165, 1.54) is 12.1 Å². The Morgan fingerprint density at radius 2 is 1.58 bits per heavy atom. The lowest BCUT2D eigenvalue weighted by Gasteiger charge is -2.13. The van der Waals surface area contributed by atoms with Crippen LogP contribution < -0.4 is 10.4 Å². The molecule has 0 spiro atoms. The zero-order valence-electron chi connectivity index (χ0n) is 13.7. The van der Waals surface area contributed by atoms with Crippen LogP contribution in [0.5, 0.6) is 0 Å². The molecule has 126 valence electrons. The molecule has 0 saturated heterocycles. The highest BCUT2D eigenvalue weighted by molar-refractivity contribution is 7.89. The van der Waals surface area contributed by atoms with Gasteiger partial charge >= 0.3 is 5.69 Å². The SMILES string of the molecule is Cc1cc(C)c(CNS(=O)(=O)c2ccc3[nH]c(=O)[nH]c3c2)c(C)c1. The molecule has 1 aromatic heterocycles. The number of rotatable bonds is 4. The second-order valence-corrected chi connectivity index (χ2v) is 7.76. The van der Waals surface area contributed by atoms with E-state index in [1.807, 2.05) is 32.9 Å². The highest BCUT2D eigenvalue weighted by Crippen LogP contribution is 2.19. The van der Waals surface area contributed by atoms with Gasteiger partial charge in [0.05, 0.1) is 15.9 Å². The normalized spacial score (nSPS) is 12.0. The van der Waals surface area contributed by atoms with Crippen LogP contribution in [0.25, 0.3) is 11.0 Å². The quantitative estimate of drug-likeness (QED) is 0.677. The van der Waals surface area contributed by atoms with Gasteiger partial charge in [-0.3, -0.25) is 0 Å². The van der Waals surface area contributed by atoms with Gasteiger partial charge in [0.2, 0.25) is 10.0 Å². The summed E-state index contributed by atoms with van der Waals surface area (Å²) in [7, 11) is -3.67. The minimum atomic E-state index is -3.67. The molecule has 0 aliphatic rings. The van der Waals surface area contributed by atoms with Gasteiger partial charge in [-0.15, -0.1) is 0 Å². The summed E-state index contributed by atoms with van der Waals surface area (Å²) in [6.07, 6.45) is 0. The lowest BCUT2D eigenvalue weighted by atomic mass is 10.0. The van der Waals surface area contributed by atoms with Crippen LogP contribution in [-0.2, 0) is 16.6 Å². The summed E-state index contributed by atoms with van der Waals surface area (Å²) < 4.78 is 27.7. The van der Waals surface area contributed by atoms with Crippen molar-refractivity contribution in [2.75, 3.05) is 0 Å². The molecule has 6 nitrogen and oxygen atoms in total. The Kier molecular flexibility index (Phi) is 4.06. The van der Waals surface area contributed by atoms with Crippen molar-refractivity contribution in [3.8, 4) is 0 Å². The maximum atomic E-state index is 12.5. The molecule has 0 bridgehead atoms. The Morgan fingerprint density at radius 1 is 0.958 bits per heavy atom. The Labute approximate surface area is 140 Å². The number of nitrogens with one attached hydrogen (secondary N) is 3. The standard InChI is InChI=1S/C17H19N3O3S/c1-10-6-11(2)14(12(3)7-10)9-18-24(22,23)13-4-5-15-16(8-13)20-17(21)19-15/h4-8,18H,9H2,1-3H3,(H2,19,20,21). The van der Waals surface area contributed by atoms with Crippen LogP contribution >= 0.6 is 0 Å². The molecular weight excluding hydrogens is 326 g/mol. The maximum absolute atomic E-state index is 12.5. The van der Waals surface area contributed by atoms with Crippen LogP contribution in [0, 0.1) is 20.8 Å². The molecule has 2 aromatic carbocycles. The molecule has 3 rings (SSSR count). The summed E-state index contributed by atoms with van der Waals surface area (Å²) in [6.45, 7) is 6.18. The number of benzene rings is 2. The van der Waals surface area contributed by atoms with Crippen molar-refractivity contribution in [1.29, 1.82) is 0 Å². The third kappa shape index (κ3) is 3.13. The molecule has 7 heteroatoms. The van der Waals surface area contributed by atoms with E-state index in [1.54, 1.807) is 6.07 Å². The third-order valence-corrected chi connectivity index (χ3v) is 5.48. The predicted molar refractivity (Wildman–Crippen MR) is 93.6 cm³/mol. The topological polar surface area (TPSA) is 94.8 Å². The molecule has 0 radical (unpaired) electrons. The van der Waals surface area contributed by atoms with E-state index in [2.05, 4.69) is 14.7 Å². The van der Waals surface area contributed by atoms with Crippen LogP contribution in [0.15, 0.2) is 40.0 Å². The molecule has 0 aliphatic heterocycles. The zero-order valence-corrected chi connectivity index (χ0v) is 14.5. The Bertz CT molecular complexity index is 1050. The van der Waals surface area contributed by atoms with Gasteiger partial charge in [-0.1, -0.05) is 17.7 Å².